The van der Waals surface area contributed by atoms with E-state index in [0.717, 1.165) is 13.0 Å². The van der Waals surface area contributed by atoms with Crippen molar-refractivity contribution < 1.29 is 4.79 Å². The fourth-order valence-electron chi connectivity index (χ4n) is 3.01. The van der Waals surface area contributed by atoms with Gasteiger partial charge in [0.1, 0.15) is 0 Å². The van der Waals surface area contributed by atoms with Crippen LogP contribution in [0, 0.1) is 11.8 Å². The Balaban J connectivity index is 2.13. The van der Waals surface area contributed by atoms with Gasteiger partial charge in [-0.15, -0.1) is 0 Å². The predicted octanol–water partition coefficient (Wildman–Crippen LogP) is 0.311. The molecule has 4 N–H and O–H groups in total. The van der Waals surface area contributed by atoms with Gasteiger partial charge in [0.2, 0.25) is 5.91 Å². The van der Waals surface area contributed by atoms with E-state index in [-0.39, 0.29) is 12.5 Å². The van der Waals surface area contributed by atoms with Gasteiger partial charge in [0, 0.05) is 12.6 Å². The van der Waals surface area contributed by atoms with Crippen molar-refractivity contribution in [3.8, 4) is 0 Å². The molecule has 92 valence electrons. The Morgan fingerprint density at radius 1 is 1.19 bits per heavy atom. The zero-order valence-corrected chi connectivity index (χ0v) is 9.90. The number of hydrogen-bond donors (Lipinski definition) is 2. The number of carbonyl (C=O) groups excluding carboxylic acids is 1. The Hall–Kier alpha value is -0.610. The number of hydrogen-bond acceptors (Lipinski definition) is 3. The van der Waals surface area contributed by atoms with Crippen LogP contribution in [0.15, 0.2) is 0 Å². The minimum atomic E-state index is 0.109. The molecule has 1 aliphatic carbocycles. The molecule has 0 aromatic rings. The molecule has 1 heterocycles. The van der Waals surface area contributed by atoms with E-state index in [1.54, 1.807) is 0 Å². The van der Waals surface area contributed by atoms with E-state index in [2.05, 4.69) is 0 Å². The third kappa shape index (κ3) is 2.38. The number of likely N-dealkylation sites (tertiary alicyclic amines) is 1. The molecule has 0 aromatic carbocycles. The second-order valence-corrected chi connectivity index (χ2v) is 5.11. The molecular weight excluding hydrogens is 202 g/mol. The van der Waals surface area contributed by atoms with E-state index in [4.69, 9.17) is 11.5 Å². The second kappa shape index (κ2) is 5.15. The summed E-state index contributed by atoms with van der Waals surface area (Å²) < 4.78 is 0. The molecule has 1 saturated heterocycles. The van der Waals surface area contributed by atoms with Gasteiger partial charge in [-0.3, -0.25) is 4.79 Å². The van der Waals surface area contributed by atoms with Crippen LogP contribution in [0.25, 0.3) is 0 Å². The molecule has 2 aliphatic rings. The van der Waals surface area contributed by atoms with Crippen molar-refractivity contribution in [1.82, 2.24) is 4.90 Å². The monoisotopic (exact) mass is 225 g/mol. The molecule has 1 aliphatic heterocycles. The molecule has 2 rings (SSSR count). The minimum absolute atomic E-state index is 0.109. The number of nitrogens with two attached hydrogens (primary N) is 2. The van der Waals surface area contributed by atoms with E-state index in [0.29, 0.717) is 24.4 Å². The van der Waals surface area contributed by atoms with Gasteiger partial charge < -0.3 is 16.4 Å². The van der Waals surface area contributed by atoms with Crippen LogP contribution in [0.1, 0.15) is 32.1 Å². The van der Waals surface area contributed by atoms with Gasteiger partial charge in [-0.05, 0) is 44.1 Å². The average Bonchev–Trinajstić information content (AvgIpc) is 3.12. The SMILES string of the molecule is NCC(=O)N1CCCC[C@H](CN)[C@H]1C1CC1. The lowest BCUT2D eigenvalue weighted by atomic mass is 9.91. The highest BCUT2D eigenvalue weighted by Gasteiger charge is 2.41. The van der Waals surface area contributed by atoms with E-state index >= 15 is 0 Å². The highest BCUT2D eigenvalue weighted by molar-refractivity contribution is 5.78. The summed E-state index contributed by atoms with van der Waals surface area (Å²) in [7, 11) is 0. The molecule has 0 unspecified atom stereocenters. The van der Waals surface area contributed by atoms with Crippen LogP contribution in [-0.2, 0) is 4.79 Å². The van der Waals surface area contributed by atoms with Gasteiger partial charge in [0.25, 0.3) is 0 Å². The average molecular weight is 225 g/mol. The molecule has 0 aromatic heterocycles. The van der Waals surface area contributed by atoms with Gasteiger partial charge >= 0.3 is 0 Å². The van der Waals surface area contributed by atoms with Gasteiger partial charge in [-0.25, -0.2) is 0 Å². The summed E-state index contributed by atoms with van der Waals surface area (Å²) in [5.41, 5.74) is 11.4. The second-order valence-electron chi connectivity index (χ2n) is 5.11. The molecule has 1 amide bonds. The minimum Gasteiger partial charge on any atom is -0.338 e. The Bertz CT molecular complexity index is 253. The highest BCUT2D eigenvalue weighted by atomic mass is 16.2. The standard InChI is InChI=1S/C12H23N3O/c13-7-10-3-1-2-6-15(11(16)8-14)12(10)9-4-5-9/h9-10,12H,1-8,13-14H2/t10-,12-/m1/s1. The van der Waals surface area contributed by atoms with E-state index in [1.807, 2.05) is 4.90 Å². The van der Waals surface area contributed by atoms with Gasteiger partial charge in [0.05, 0.1) is 6.54 Å². The lowest BCUT2D eigenvalue weighted by Gasteiger charge is -2.34. The maximum Gasteiger partial charge on any atom is 0.236 e. The normalized spacial score (nSPS) is 31.2. The smallest absolute Gasteiger partial charge is 0.236 e. The van der Waals surface area contributed by atoms with E-state index < -0.39 is 0 Å². The first-order valence-corrected chi connectivity index (χ1v) is 6.47. The zero-order chi connectivity index (χ0) is 11.5. The molecule has 0 spiro atoms. The molecule has 0 bridgehead atoms. The van der Waals surface area contributed by atoms with Crippen molar-refractivity contribution >= 4 is 5.91 Å². The lowest BCUT2D eigenvalue weighted by molar-refractivity contribution is -0.133. The van der Waals surface area contributed by atoms with Crippen LogP contribution >= 0.6 is 0 Å². The Morgan fingerprint density at radius 3 is 2.50 bits per heavy atom. The van der Waals surface area contributed by atoms with Crippen LogP contribution < -0.4 is 11.5 Å². The van der Waals surface area contributed by atoms with Crippen LogP contribution in [0.2, 0.25) is 0 Å². The van der Waals surface area contributed by atoms with Gasteiger partial charge in [-0.1, -0.05) is 6.42 Å². The van der Waals surface area contributed by atoms with E-state index in [9.17, 15) is 4.79 Å². The quantitative estimate of drug-likeness (QED) is 0.726. The molecule has 4 heteroatoms. The van der Waals surface area contributed by atoms with Crippen molar-refractivity contribution in [2.45, 2.75) is 38.1 Å². The van der Waals surface area contributed by atoms with Gasteiger partial charge in [-0.2, -0.15) is 0 Å². The first-order chi connectivity index (χ1) is 7.77. The molecule has 16 heavy (non-hydrogen) atoms. The first-order valence-electron chi connectivity index (χ1n) is 6.47. The summed E-state index contributed by atoms with van der Waals surface area (Å²) >= 11 is 0. The molecular formula is C12H23N3O. The van der Waals surface area contributed by atoms with Crippen molar-refractivity contribution in [1.29, 1.82) is 0 Å². The van der Waals surface area contributed by atoms with Crippen molar-refractivity contribution in [2.24, 2.45) is 23.3 Å². The van der Waals surface area contributed by atoms with Crippen molar-refractivity contribution in [3.63, 3.8) is 0 Å². The van der Waals surface area contributed by atoms with Crippen LogP contribution in [0.3, 0.4) is 0 Å². The summed E-state index contributed by atoms with van der Waals surface area (Å²) in [5, 5.41) is 0. The Labute approximate surface area is 97.3 Å². The predicted molar refractivity (Wildman–Crippen MR) is 63.7 cm³/mol. The van der Waals surface area contributed by atoms with Gasteiger partial charge in [0.15, 0.2) is 0 Å². The number of nitrogens with zero attached hydrogens (tertiary/aromatic N) is 1. The maximum atomic E-state index is 11.9. The summed E-state index contributed by atoms with van der Waals surface area (Å²) in [6, 6.07) is 0.378. The molecule has 4 nitrogen and oxygen atoms in total. The first kappa shape index (κ1) is 11.9. The van der Waals surface area contributed by atoms with Crippen LogP contribution in [0.4, 0.5) is 0 Å². The molecule has 2 fully saturated rings. The summed E-state index contributed by atoms with van der Waals surface area (Å²) in [6.45, 7) is 1.73. The number of amides is 1. The summed E-state index contributed by atoms with van der Waals surface area (Å²) in [5.74, 6) is 1.30. The molecule has 1 saturated carbocycles. The van der Waals surface area contributed by atoms with Crippen molar-refractivity contribution in [2.75, 3.05) is 19.6 Å². The van der Waals surface area contributed by atoms with Crippen LogP contribution in [0.5, 0.6) is 0 Å². The van der Waals surface area contributed by atoms with Crippen molar-refractivity contribution in [3.05, 3.63) is 0 Å². The third-order valence-electron chi connectivity index (χ3n) is 3.97. The Kier molecular flexibility index (Phi) is 3.82. The summed E-state index contributed by atoms with van der Waals surface area (Å²) in [4.78, 5) is 13.9. The lowest BCUT2D eigenvalue weighted by Crippen LogP contribution is -2.49. The topological polar surface area (TPSA) is 72.4 Å². The van der Waals surface area contributed by atoms with Crippen LogP contribution in [-0.4, -0.2) is 36.5 Å². The number of rotatable bonds is 3. The number of carbonyl (C=O) groups is 1. The largest absolute Gasteiger partial charge is 0.338 e. The maximum absolute atomic E-state index is 11.9. The summed E-state index contributed by atoms with van der Waals surface area (Å²) in [6.07, 6.45) is 5.99. The highest BCUT2D eigenvalue weighted by Crippen LogP contribution is 2.41. The third-order valence-corrected chi connectivity index (χ3v) is 3.97. The molecule has 2 atom stereocenters. The fourth-order valence-corrected chi connectivity index (χ4v) is 3.01. The Morgan fingerprint density at radius 2 is 1.94 bits per heavy atom. The van der Waals surface area contributed by atoms with E-state index in [1.165, 1.54) is 25.7 Å². The fraction of sp³-hybridized carbons (Fsp3) is 0.917. The molecule has 0 radical (unpaired) electrons. The zero-order valence-electron chi connectivity index (χ0n) is 9.90.